The predicted molar refractivity (Wildman–Crippen MR) is 139 cm³/mol. The van der Waals surface area contributed by atoms with E-state index in [-0.39, 0.29) is 25.4 Å². The van der Waals surface area contributed by atoms with Gasteiger partial charge in [-0.15, -0.1) is 0 Å². The first-order chi connectivity index (χ1) is 19.9. The number of ether oxygens (including phenoxy) is 5. The van der Waals surface area contributed by atoms with Gasteiger partial charge in [0.25, 0.3) is 0 Å². The number of likely N-dealkylation sites (tertiary alicyclic amines) is 1. The first kappa shape index (κ1) is 32.6. The van der Waals surface area contributed by atoms with Crippen molar-refractivity contribution in [2.24, 2.45) is 0 Å². The summed E-state index contributed by atoms with van der Waals surface area (Å²) in [6, 6.07) is 8.62. The largest absolute Gasteiger partial charge is 0.479 e. The van der Waals surface area contributed by atoms with E-state index in [1.54, 1.807) is 30.3 Å². The molecule has 236 valence electrons. The van der Waals surface area contributed by atoms with Crippen LogP contribution in [0.2, 0.25) is 0 Å². The molecule has 15 heteroatoms. The Bertz CT molecular complexity index is 1050. The van der Waals surface area contributed by atoms with Crippen molar-refractivity contribution in [2.75, 3.05) is 19.7 Å². The van der Waals surface area contributed by atoms with Crippen molar-refractivity contribution in [3.05, 3.63) is 35.9 Å². The maximum Gasteiger partial charge on any atom is 0.333 e. The van der Waals surface area contributed by atoms with E-state index in [1.165, 1.54) is 18.7 Å². The zero-order valence-electron chi connectivity index (χ0n) is 23.2. The molecule has 0 radical (unpaired) electrons. The van der Waals surface area contributed by atoms with Crippen molar-refractivity contribution >= 4 is 11.9 Å². The number of amides is 1. The highest BCUT2D eigenvalue weighted by Crippen LogP contribution is 2.31. The van der Waals surface area contributed by atoms with Crippen LogP contribution < -0.4 is 0 Å². The third-order valence-electron chi connectivity index (χ3n) is 7.77. The second-order valence-corrected chi connectivity index (χ2v) is 10.8. The molecule has 3 aliphatic heterocycles. The van der Waals surface area contributed by atoms with Crippen molar-refractivity contribution < 1.29 is 69.0 Å². The maximum absolute atomic E-state index is 12.2. The van der Waals surface area contributed by atoms with Gasteiger partial charge in [0.05, 0.1) is 12.7 Å². The number of aliphatic hydroxyl groups is 6. The molecule has 3 aliphatic rings. The number of carbonyl (C=O) groups excluding carboxylic acids is 1. The van der Waals surface area contributed by atoms with E-state index in [9.17, 15) is 45.3 Å². The van der Waals surface area contributed by atoms with E-state index in [0.29, 0.717) is 5.56 Å². The number of carboxylic acid groups (broad SMARTS) is 1. The topological polar surface area (TPSA) is 225 Å². The Labute approximate surface area is 241 Å². The van der Waals surface area contributed by atoms with Crippen molar-refractivity contribution in [3.63, 3.8) is 0 Å². The summed E-state index contributed by atoms with van der Waals surface area (Å²) in [5.74, 6) is -1.67. The Balaban J connectivity index is 1.50. The molecular formula is C27H39NO14. The van der Waals surface area contributed by atoms with Crippen LogP contribution in [-0.4, -0.2) is 152 Å². The second kappa shape index (κ2) is 14.0. The van der Waals surface area contributed by atoms with Crippen LogP contribution in [-0.2, 0) is 39.7 Å². The third-order valence-corrected chi connectivity index (χ3v) is 7.77. The van der Waals surface area contributed by atoms with Gasteiger partial charge < -0.3 is 64.3 Å². The summed E-state index contributed by atoms with van der Waals surface area (Å²) >= 11 is 0. The number of nitrogens with zero attached hydrogens (tertiary/aromatic N) is 1. The lowest BCUT2D eigenvalue weighted by molar-refractivity contribution is -0.337. The minimum Gasteiger partial charge on any atom is -0.479 e. The zero-order chi connectivity index (χ0) is 30.7. The van der Waals surface area contributed by atoms with E-state index in [4.69, 9.17) is 23.7 Å². The summed E-state index contributed by atoms with van der Waals surface area (Å²) in [4.78, 5) is 25.5. The predicted octanol–water partition coefficient (Wildman–Crippen LogP) is -3.03. The van der Waals surface area contributed by atoms with Crippen LogP contribution >= 0.6 is 0 Å². The normalized spacial score (nSPS) is 39.7. The van der Waals surface area contributed by atoms with Gasteiger partial charge in [0.1, 0.15) is 54.9 Å². The Hall–Kier alpha value is -2.28. The molecule has 0 aliphatic carbocycles. The van der Waals surface area contributed by atoms with Gasteiger partial charge in [-0.3, -0.25) is 4.79 Å². The van der Waals surface area contributed by atoms with Crippen molar-refractivity contribution in [1.82, 2.24) is 4.90 Å². The first-order valence-corrected chi connectivity index (χ1v) is 13.7. The molecule has 0 spiro atoms. The van der Waals surface area contributed by atoms with Crippen LogP contribution in [0.3, 0.4) is 0 Å². The Kier molecular flexibility index (Phi) is 10.9. The molecule has 15 nitrogen and oxygen atoms in total. The minimum atomic E-state index is -1.74. The highest BCUT2D eigenvalue weighted by atomic mass is 16.7. The summed E-state index contributed by atoms with van der Waals surface area (Å²) in [6.07, 6.45) is -18.1. The quantitative estimate of drug-likeness (QED) is 0.142. The molecule has 7 N–H and O–H groups in total. The van der Waals surface area contributed by atoms with Gasteiger partial charge in [0.15, 0.2) is 18.7 Å². The van der Waals surface area contributed by atoms with Crippen molar-refractivity contribution in [2.45, 2.75) is 100.0 Å². The van der Waals surface area contributed by atoms with Gasteiger partial charge in [0.2, 0.25) is 5.91 Å². The van der Waals surface area contributed by atoms with Gasteiger partial charge in [-0.25, -0.2) is 4.79 Å². The number of rotatable bonds is 10. The highest BCUT2D eigenvalue weighted by molar-refractivity contribution is 5.73. The number of hydrogen-bond acceptors (Lipinski definition) is 13. The Morgan fingerprint density at radius 1 is 0.905 bits per heavy atom. The Morgan fingerprint density at radius 2 is 1.50 bits per heavy atom. The minimum absolute atomic E-state index is 0.0213. The van der Waals surface area contributed by atoms with Gasteiger partial charge in [-0.2, -0.15) is 0 Å². The lowest BCUT2D eigenvalue weighted by Gasteiger charge is -2.44. The fourth-order valence-electron chi connectivity index (χ4n) is 5.27. The van der Waals surface area contributed by atoms with Gasteiger partial charge in [-0.05, 0) is 12.5 Å². The molecule has 2 unspecified atom stereocenters. The van der Waals surface area contributed by atoms with Crippen LogP contribution in [0.1, 0.15) is 19.4 Å². The molecule has 3 fully saturated rings. The molecule has 0 aromatic heterocycles. The van der Waals surface area contributed by atoms with E-state index >= 15 is 0 Å². The molecule has 0 bridgehead atoms. The standard InChI is InChI=1S/C27H39NO14/c1-12-19(31)21(33)22(34)26(38-12)40-16-9-28(13(2)30)10-17(16)41-27-23(35)24(20(32)18(11-29)42-27)39-15(25(36)37)8-14-6-4-3-5-7-14/h3-7,12,15-24,26-27,29,31-35H,8-11H2,1-2H3,(H,36,37)/t12-,15-,16?,17?,18+,19+,20-,21+,22-,23+,24-,26-,27+/m0/s1. The summed E-state index contributed by atoms with van der Waals surface area (Å²) < 4.78 is 28.7. The smallest absolute Gasteiger partial charge is 0.333 e. The summed E-state index contributed by atoms with van der Waals surface area (Å²) in [6.45, 7) is 2.02. The zero-order valence-corrected chi connectivity index (χ0v) is 23.2. The molecular weight excluding hydrogens is 562 g/mol. The molecule has 4 rings (SSSR count). The average molecular weight is 602 g/mol. The number of hydrogen-bond donors (Lipinski definition) is 7. The van der Waals surface area contributed by atoms with Gasteiger partial charge in [0, 0.05) is 26.4 Å². The van der Waals surface area contributed by atoms with Crippen LogP contribution in [0.4, 0.5) is 0 Å². The highest BCUT2D eigenvalue weighted by Gasteiger charge is 2.51. The number of carbonyl (C=O) groups is 2. The number of aliphatic carboxylic acids is 1. The lowest BCUT2D eigenvalue weighted by atomic mass is 9.98. The first-order valence-electron chi connectivity index (χ1n) is 13.7. The van der Waals surface area contributed by atoms with Gasteiger partial charge in [-0.1, -0.05) is 30.3 Å². The molecule has 1 amide bonds. The summed E-state index contributed by atoms with van der Waals surface area (Å²) in [5, 5.41) is 72.1. The molecule has 13 atom stereocenters. The van der Waals surface area contributed by atoms with Crippen LogP contribution in [0.15, 0.2) is 30.3 Å². The molecule has 3 heterocycles. The number of aliphatic hydroxyl groups excluding tert-OH is 6. The van der Waals surface area contributed by atoms with Crippen molar-refractivity contribution in [1.29, 1.82) is 0 Å². The van der Waals surface area contributed by atoms with Gasteiger partial charge >= 0.3 is 5.97 Å². The summed E-state index contributed by atoms with van der Waals surface area (Å²) in [5.41, 5.74) is 0.641. The second-order valence-electron chi connectivity index (χ2n) is 10.8. The monoisotopic (exact) mass is 601 g/mol. The van der Waals surface area contributed by atoms with E-state index < -0.39 is 92.3 Å². The SMILES string of the molecule is CC(=O)N1CC(O[C@@H]2O[C@@H](C)[C@@H](O)[C@@H](O)[C@@H]2O)C(O[C@@H]2O[C@H](CO)[C@H](O)[C@H](O[C@@H](Cc3ccccc3)C(=O)O)[C@H]2O)C1. The molecule has 42 heavy (non-hydrogen) atoms. The fraction of sp³-hybridized carbons (Fsp3) is 0.704. The van der Waals surface area contributed by atoms with E-state index in [2.05, 4.69) is 0 Å². The van der Waals surface area contributed by atoms with Crippen LogP contribution in [0.5, 0.6) is 0 Å². The molecule has 0 saturated carbocycles. The fourth-order valence-corrected chi connectivity index (χ4v) is 5.27. The van der Waals surface area contributed by atoms with Crippen LogP contribution in [0, 0.1) is 0 Å². The van der Waals surface area contributed by atoms with Crippen molar-refractivity contribution in [3.8, 4) is 0 Å². The molecule has 3 saturated heterocycles. The maximum atomic E-state index is 12.2. The van der Waals surface area contributed by atoms with E-state index in [1.807, 2.05) is 0 Å². The lowest BCUT2D eigenvalue weighted by Crippen LogP contribution is -2.62. The third kappa shape index (κ3) is 7.26. The Morgan fingerprint density at radius 3 is 2.05 bits per heavy atom. The summed E-state index contributed by atoms with van der Waals surface area (Å²) in [7, 11) is 0. The number of carboxylic acids is 1. The average Bonchev–Trinajstić information content (AvgIpc) is 3.36. The van der Waals surface area contributed by atoms with E-state index in [0.717, 1.165) is 0 Å². The molecule has 1 aromatic rings. The number of benzene rings is 1. The molecule has 1 aromatic carbocycles. The van der Waals surface area contributed by atoms with Crippen LogP contribution in [0.25, 0.3) is 0 Å².